The Morgan fingerprint density at radius 1 is 1.31 bits per heavy atom. The molecule has 1 rings (SSSR count). The zero-order valence-electron chi connectivity index (χ0n) is 9.82. The van der Waals surface area contributed by atoms with Crippen LogP contribution in [0.4, 0.5) is 0 Å². The lowest BCUT2D eigenvalue weighted by Crippen LogP contribution is -2.59. The first-order chi connectivity index (χ1) is 7.52. The Hall–Kier alpha value is -1.14. The molecule has 1 unspecified atom stereocenters. The second-order valence-electron chi connectivity index (χ2n) is 4.25. The molecule has 1 heterocycles. The van der Waals surface area contributed by atoms with Gasteiger partial charge >= 0.3 is 0 Å². The van der Waals surface area contributed by atoms with Crippen molar-refractivity contribution >= 4 is 11.8 Å². The molecule has 1 aliphatic heterocycles. The normalized spacial score (nSPS) is 19.4. The van der Waals surface area contributed by atoms with E-state index in [0.29, 0.717) is 13.1 Å². The van der Waals surface area contributed by atoms with E-state index in [1.54, 1.807) is 0 Å². The van der Waals surface area contributed by atoms with Crippen molar-refractivity contribution in [2.45, 2.75) is 25.9 Å². The van der Waals surface area contributed by atoms with Gasteiger partial charge in [-0.25, -0.2) is 0 Å². The molecule has 0 aromatic carbocycles. The second-order valence-corrected chi connectivity index (χ2v) is 4.25. The highest BCUT2D eigenvalue weighted by Crippen LogP contribution is 2.02. The number of amides is 2. The van der Waals surface area contributed by atoms with Crippen LogP contribution in [0.1, 0.15) is 13.8 Å². The van der Waals surface area contributed by atoms with Gasteiger partial charge in [0.15, 0.2) is 6.04 Å². The minimum absolute atomic E-state index is 0.0114. The predicted molar refractivity (Wildman–Crippen MR) is 60.7 cm³/mol. The fourth-order valence-corrected chi connectivity index (χ4v) is 1.78. The molecule has 0 bridgehead atoms. The summed E-state index contributed by atoms with van der Waals surface area (Å²) >= 11 is 0. The van der Waals surface area contributed by atoms with Crippen molar-refractivity contribution in [1.82, 2.24) is 15.5 Å². The summed E-state index contributed by atoms with van der Waals surface area (Å²) in [5, 5.41) is 5.88. The first kappa shape index (κ1) is 12.9. The maximum atomic E-state index is 11.8. The molecule has 1 aliphatic rings. The molecule has 4 N–H and O–H groups in total. The van der Waals surface area contributed by atoms with Crippen LogP contribution in [0.3, 0.4) is 0 Å². The van der Waals surface area contributed by atoms with Gasteiger partial charge in [0, 0.05) is 32.2 Å². The molecule has 6 nitrogen and oxygen atoms in total. The van der Waals surface area contributed by atoms with Crippen molar-refractivity contribution in [2.24, 2.45) is 5.73 Å². The van der Waals surface area contributed by atoms with Crippen LogP contribution in [-0.4, -0.2) is 55.0 Å². The zero-order chi connectivity index (χ0) is 12.1. The van der Waals surface area contributed by atoms with E-state index < -0.39 is 11.9 Å². The molecule has 0 spiro atoms. The van der Waals surface area contributed by atoms with Crippen LogP contribution >= 0.6 is 0 Å². The summed E-state index contributed by atoms with van der Waals surface area (Å²) in [6.07, 6.45) is 0. The minimum atomic E-state index is -0.843. The second kappa shape index (κ2) is 5.81. The van der Waals surface area contributed by atoms with Gasteiger partial charge in [0.2, 0.25) is 11.8 Å². The van der Waals surface area contributed by atoms with E-state index in [1.807, 2.05) is 18.7 Å². The molecule has 0 aromatic rings. The summed E-state index contributed by atoms with van der Waals surface area (Å²) in [4.78, 5) is 25.0. The average molecular weight is 228 g/mol. The third-order valence-electron chi connectivity index (χ3n) is 2.47. The number of piperazine rings is 1. The van der Waals surface area contributed by atoms with Crippen molar-refractivity contribution in [2.75, 3.05) is 26.2 Å². The number of carbonyl (C=O) groups is 2. The summed E-state index contributed by atoms with van der Waals surface area (Å²) in [5.41, 5.74) is 5.28. The Balaban J connectivity index is 2.65. The van der Waals surface area contributed by atoms with Gasteiger partial charge in [0.05, 0.1) is 0 Å². The van der Waals surface area contributed by atoms with Crippen molar-refractivity contribution in [3.05, 3.63) is 0 Å². The van der Waals surface area contributed by atoms with Crippen LogP contribution in [0.25, 0.3) is 0 Å². The standard InChI is InChI=1S/C10H20N4O2/c1-7(2)13-10(16)8(9(11)15)14-5-3-12-4-6-14/h7-8,12H,3-6H2,1-2H3,(H2,11,15)(H,13,16). The number of nitrogens with two attached hydrogens (primary N) is 1. The molecule has 16 heavy (non-hydrogen) atoms. The number of nitrogens with zero attached hydrogens (tertiary/aromatic N) is 1. The van der Waals surface area contributed by atoms with Crippen LogP contribution in [0.15, 0.2) is 0 Å². The zero-order valence-corrected chi connectivity index (χ0v) is 9.82. The predicted octanol–water partition coefficient (Wildman–Crippen LogP) is -1.73. The van der Waals surface area contributed by atoms with E-state index in [1.165, 1.54) is 0 Å². The molecule has 1 fully saturated rings. The highest BCUT2D eigenvalue weighted by Gasteiger charge is 2.31. The molecule has 2 amide bonds. The molecule has 0 radical (unpaired) electrons. The molecule has 0 saturated carbocycles. The summed E-state index contributed by atoms with van der Waals surface area (Å²) < 4.78 is 0. The summed E-state index contributed by atoms with van der Waals surface area (Å²) in [5.74, 6) is -0.885. The van der Waals surface area contributed by atoms with Gasteiger partial charge in [-0.3, -0.25) is 14.5 Å². The fraction of sp³-hybridized carbons (Fsp3) is 0.800. The topological polar surface area (TPSA) is 87.5 Å². The lowest BCUT2D eigenvalue weighted by Gasteiger charge is -2.32. The Morgan fingerprint density at radius 3 is 2.31 bits per heavy atom. The minimum Gasteiger partial charge on any atom is -0.368 e. The van der Waals surface area contributed by atoms with E-state index in [9.17, 15) is 9.59 Å². The van der Waals surface area contributed by atoms with Crippen molar-refractivity contribution < 1.29 is 9.59 Å². The van der Waals surface area contributed by atoms with Gasteiger partial charge in [-0.05, 0) is 13.8 Å². The van der Waals surface area contributed by atoms with Crippen LogP contribution in [-0.2, 0) is 9.59 Å². The maximum Gasteiger partial charge on any atom is 0.247 e. The molecular weight excluding hydrogens is 208 g/mol. The molecule has 1 saturated heterocycles. The third-order valence-corrected chi connectivity index (χ3v) is 2.47. The van der Waals surface area contributed by atoms with Gasteiger partial charge in [0.25, 0.3) is 0 Å². The molecule has 0 aliphatic carbocycles. The Bertz CT molecular complexity index is 262. The number of carbonyl (C=O) groups excluding carboxylic acids is 2. The van der Waals surface area contributed by atoms with Crippen LogP contribution < -0.4 is 16.4 Å². The first-order valence-corrected chi connectivity index (χ1v) is 5.57. The van der Waals surface area contributed by atoms with E-state index in [2.05, 4.69) is 10.6 Å². The SMILES string of the molecule is CC(C)NC(=O)C(C(N)=O)N1CCNCC1. The average Bonchev–Trinajstić information content (AvgIpc) is 2.17. The Morgan fingerprint density at radius 2 is 1.88 bits per heavy atom. The van der Waals surface area contributed by atoms with Gasteiger partial charge in [0.1, 0.15) is 0 Å². The largest absolute Gasteiger partial charge is 0.368 e. The molecule has 6 heteroatoms. The maximum absolute atomic E-state index is 11.8. The number of nitrogens with one attached hydrogen (secondary N) is 2. The quantitative estimate of drug-likeness (QED) is 0.499. The van der Waals surface area contributed by atoms with Gasteiger partial charge in [-0.15, -0.1) is 0 Å². The lowest BCUT2D eigenvalue weighted by molar-refractivity contribution is -0.136. The Kier molecular flexibility index (Phi) is 4.70. The Labute approximate surface area is 95.5 Å². The molecule has 92 valence electrons. The van der Waals surface area contributed by atoms with Crippen LogP contribution in [0, 0.1) is 0 Å². The van der Waals surface area contributed by atoms with Crippen molar-refractivity contribution in [1.29, 1.82) is 0 Å². The van der Waals surface area contributed by atoms with Crippen LogP contribution in [0.2, 0.25) is 0 Å². The van der Waals surface area contributed by atoms with Gasteiger partial charge in [-0.2, -0.15) is 0 Å². The van der Waals surface area contributed by atoms with E-state index in [0.717, 1.165) is 13.1 Å². The van der Waals surface area contributed by atoms with Crippen LogP contribution in [0.5, 0.6) is 0 Å². The van der Waals surface area contributed by atoms with E-state index in [-0.39, 0.29) is 11.9 Å². The summed E-state index contributed by atoms with van der Waals surface area (Å²) in [6, 6.07) is -0.832. The van der Waals surface area contributed by atoms with E-state index >= 15 is 0 Å². The number of rotatable bonds is 4. The van der Waals surface area contributed by atoms with Crippen molar-refractivity contribution in [3.8, 4) is 0 Å². The summed E-state index contributed by atoms with van der Waals surface area (Å²) in [6.45, 7) is 6.59. The molecule has 0 aromatic heterocycles. The van der Waals surface area contributed by atoms with Gasteiger partial charge in [-0.1, -0.05) is 0 Å². The highest BCUT2D eigenvalue weighted by atomic mass is 16.2. The number of primary amides is 1. The first-order valence-electron chi connectivity index (χ1n) is 5.57. The van der Waals surface area contributed by atoms with E-state index in [4.69, 9.17) is 5.73 Å². The highest BCUT2D eigenvalue weighted by molar-refractivity contribution is 6.03. The lowest BCUT2D eigenvalue weighted by atomic mass is 10.2. The van der Waals surface area contributed by atoms with Gasteiger partial charge < -0.3 is 16.4 Å². The summed E-state index contributed by atoms with van der Waals surface area (Å²) in [7, 11) is 0. The fourth-order valence-electron chi connectivity index (χ4n) is 1.78. The number of hydrogen-bond donors (Lipinski definition) is 3. The third kappa shape index (κ3) is 3.46. The number of hydrogen-bond acceptors (Lipinski definition) is 4. The smallest absolute Gasteiger partial charge is 0.247 e. The molecule has 1 atom stereocenters. The molecular formula is C10H20N4O2. The van der Waals surface area contributed by atoms with Crippen molar-refractivity contribution in [3.63, 3.8) is 0 Å². The monoisotopic (exact) mass is 228 g/mol.